The van der Waals surface area contributed by atoms with Crippen LogP contribution in [0.5, 0.6) is 0 Å². The monoisotopic (exact) mass is 219 g/mol. The fourth-order valence-corrected chi connectivity index (χ4v) is 2.66. The first kappa shape index (κ1) is 11.5. The molecule has 0 bridgehead atoms. The van der Waals surface area contributed by atoms with E-state index in [1.165, 1.54) is 0 Å². The molecule has 0 heterocycles. The minimum absolute atomic E-state index is 0.0436. The molecular formula is C9H17NO3S. The lowest BCUT2D eigenvalue weighted by molar-refractivity contribution is -0.120. The molecule has 1 amide bonds. The number of sulfonamides is 1. The lowest BCUT2D eigenvalue weighted by Gasteiger charge is -2.10. The van der Waals surface area contributed by atoms with Crippen molar-refractivity contribution >= 4 is 15.9 Å². The van der Waals surface area contributed by atoms with E-state index in [9.17, 15) is 13.2 Å². The maximum atomic E-state index is 11.4. The number of carbonyl (C=O) groups excluding carboxylic acids is 1. The first-order valence-corrected chi connectivity index (χ1v) is 6.64. The topological polar surface area (TPSA) is 63.2 Å². The summed E-state index contributed by atoms with van der Waals surface area (Å²) in [5, 5.41) is 0. The Labute approximate surface area is 85.1 Å². The van der Waals surface area contributed by atoms with Crippen molar-refractivity contribution in [1.29, 1.82) is 0 Å². The van der Waals surface area contributed by atoms with Crippen molar-refractivity contribution in [2.45, 2.75) is 33.1 Å². The predicted molar refractivity (Wildman–Crippen MR) is 54.1 cm³/mol. The van der Waals surface area contributed by atoms with E-state index < -0.39 is 10.0 Å². The van der Waals surface area contributed by atoms with Crippen LogP contribution in [0.3, 0.4) is 0 Å². The first-order chi connectivity index (χ1) is 6.44. The molecule has 1 rings (SSSR count). The van der Waals surface area contributed by atoms with Gasteiger partial charge in [-0.3, -0.25) is 9.52 Å². The van der Waals surface area contributed by atoms with E-state index in [4.69, 9.17) is 0 Å². The molecule has 0 radical (unpaired) electrons. The van der Waals surface area contributed by atoms with Crippen LogP contribution < -0.4 is 4.72 Å². The molecule has 4 nitrogen and oxygen atoms in total. The molecule has 1 aliphatic rings. The van der Waals surface area contributed by atoms with Crippen LogP contribution in [0.2, 0.25) is 0 Å². The second-order valence-electron chi connectivity index (χ2n) is 4.04. The normalized spacial score (nSPS) is 19.0. The van der Waals surface area contributed by atoms with Gasteiger partial charge in [-0.1, -0.05) is 20.3 Å². The summed E-state index contributed by atoms with van der Waals surface area (Å²) in [5.74, 6) is -0.239. The van der Waals surface area contributed by atoms with Gasteiger partial charge in [-0.25, -0.2) is 8.42 Å². The summed E-state index contributed by atoms with van der Waals surface area (Å²) >= 11 is 0. The molecule has 0 aromatic rings. The Morgan fingerprint density at radius 3 is 2.50 bits per heavy atom. The zero-order valence-electron chi connectivity index (χ0n) is 8.62. The molecule has 0 spiro atoms. The summed E-state index contributed by atoms with van der Waals surface area (Å²) in [7, 11) is -3.40. The molecule has 14 heavy (non-hydrogen) atoms. The van der Waals surface area contributed by atoms with Crippen LogP contribution in [-0.4, -0.2) is 20.1 Å². The van der Waals surface area contributed by atoms with Gasteiger partial charge in [0.1, 0.15) is 0 Å². The molecule has 5 heteroatoms. The van der Waals surface area contributed by atoms with Crippen LogP contribution in [0.4, 0.5) is 0 Å². The summed E-state index contributed by atoms with van der Waals surface area (Å²) in [5.41, 5.74) is 0. The molecule has 0 aromatic heterocycles. The van der Waals surface area contributed by atoms with Crippen molar-refractivity contribution in [3.8, 4) is 0 Å². The average Bonchev–Trinajstić information content (AvgIpc) is 2.84. The van der Waals surface area contributed by atoms with Gasteiger partial charge in [-0.2, -0.15) is 0 Å². The third-order valence-corrected chi connectivity index (χ3v) is 3.93. The number of nitrogens with one attached hydrogen (secondary N) is 1. The Hall–Kier alpha value is -0.580. The zero-order chi connectivity index (χ0) is 10.8. The maximum absolute atomic E-state index is 11.4. The Kier molecular flexibility index (Phi) is 3.53. The van der Waals surface area contributed by atoms with Gasteiger partial charge in [0, 0.05) is 5.92 Å². The predicted octanol–water partition coefficient (Wildman–Crippen LogP) is 0.889. The Morgan fingerprint density at radius 1 is 1.50 bits per heavy atom. The van der Waals surface area contributed by atoms with Crippen LogP contribution >= 0.6 is 0 Å². The molecule has 0 unspecified atom stereocenters. The molecule has 1 saturated carbocycles. The molecule has 1 fully saturated rings. The van der Waals surface area contributed by atoms with Gasteiger partial charge >= 0.3 is 0 Å². The highest BCUT2D eigenvalue weighted by Crippen LogP contribution is 2.29. The lowest BCUT2D eigenvalue weighted by atomic mass is 10.2. The zero-order valence-corrected chi connectivity index (χ0v) is 9.43. The van der Waals surface area contributed by atoms with Crippen molar-refractivity contribution in [2.24, 2.45) is 11.8 Å². The van der Waals surface area contributed by atoms with Crippen molar-refractivity contribution < 1.29 is 13.2 Å². The van der Waals surface area contributed by atoms with Crippen molar-refractivity contribution in [2.75, 3.05) is 5.75 Å². The van der Waals surface area contributed by atoms with E-state index in [-0.39, 0.29) is 23.5 Å². The van der Waals surface area contributed by atoms with Crippen LogP contribution in [0.25, 0.3) is 0 Å². The van der Waals surface area contributed by atoms with Crippen molar-refractivity contribution in [1.82, 2.24) is 4.72 Å². The van der Waals surface area contributed by atoms with Crippen LogP contribution in [0.1, 0.15) is 33.1 Å². The number of rotatable bonds is 5. The minimum atomic E-state index is -3.40. The Bertz CT molecular complexity index is 306. The van der Waals surface area contributed by atoms with Gasteiger partial charge in [-0.15, -0.1) is 0 Å². The van der Waals surface area contributed by atoms with Gasteiger partial charge in [0.05, 0.1) is 5.75 Å². The molecule has 0 saturated heterocycles. The van der Waals surface area contributed by atoms with Gasteiger partial charge in [-0.05, 0) is 18.8 Å². The Balaban J connectivity index is 2.44. The number of hydrogen-bond donors (Lipinski definition) is 1. The molecule has 1 atom stereocenters. The van der Waals surface area contributed by atoms with Gasteiger partial charge in [0.2, 0.25) is 15.9 Å². The smallest absolute Gasteiger partial charge is 0.236 e. The quantitative estimate of drug-likeness (QED) is 0.747. The second-order valence-corrected chi connectivity index (χ2v) is 5.80. The van der Waals surface area contributed by atoms with Gasteiger partial charge in [0.25, 0.3) is 0 Å². The van der Waals surface area contributed by atoms with Gasteiger partial charge < -0.3 is 0 Å². The molecule has 82 valence electrons. The fraction of sp³-hybridized carbons (Fsp3) is 0.889. The summed E-state index contributed by atoms with van der Waals surface area (Å²) in [4.78, 5) is 11.2. The molecule has 0 aliphatic heterocycles. The lowest BCUT2D eigenvalue weighted by Crippen LogP contribution is -2.35. The van der Waals surface area contributed by atoms with Gasteiger partial charge in [0.15, 0.2) is 0 Å². The summed E-state index contributed by atoms with van der Waals surface area (Å²) in [6.45, 7) is 3.80. The molecule has 1 aliphatic carbocycles. The summed E-state index contributed by atoms with van der Waals surface area (Å²) in [6.07, 6.45) is 2.45. The highest BCUT2D eigenvalue weighted by molar-refractivity contribution is 7.90. The van der Waals surface area contributed by atoms with E-state index >= 15 is 0 Å². The number of carbonyl (C=O) groups is 1. The number of hydrogen-bond acceptors (Lipinski definition) is 3. The maximum Gasteiger partial charge on any atom is 0.236 e. The largest absolute Gasteiger partial charge is 0.274 e. The Morgan fingerprint density at radius 2 is 2.07 bits per heavy atom. The number of amides is 1. The van der Waals surface area contributed by atoms with Crippen molar-refractivity contribution in [3.05, 3.63) is 0 Å². The van der Waals surface area contributed by atoms with Crippen LogP contribution in [0, 0.1) is 11.8 Å². The third-order valence-electron chi connectivity index (χ3n) is 2.41. The first-order valence-electron chi connectivity index (χ1n) is 4.99. The highest BCUT2D eigenvalue weighted by Gasteiger charge is 2.32. The average molecular weight is 219 g/mol. The van der Waals surface area contributed by atoms with E-state index in [1.54, 1.807) is 0 Å². The highest BCUT2D eigenvalue weighted by atomic mass is 32.2. The second kappa shape index (κ2) is 4.29. The SMILES string of the molecule is CC[C@@H](C)CS(=O)(=O)NC(=O)C1CC1. The molecule has 1 N–H and O–H groups in total. The minimum Gasteiger partial charge on any atom is -0.274 e. The summed E-state index contributed by atoms with van der Waals surface area (Å²) < 4.78 is 24.9. The van der Waals surface area contributed by atoms with E-state index in [0.717, 1.165) is 19.3 Å². The van der Waals surface area contributed by atoms with E-state index in [1.807, 2.05) is 13.8 Å². The van der Waals surface area contributed by atoms with Crippen molar-refractivity contribution in [3.63, 3.8) is 0 Å². The fourth-order valence-electron chi connectivity index (χ4n) is 1.12. The molecule has 0 aromatic carbocycles. The van der Waals surface area contributed by atoms with Crippen LogP contribution in [0.15, 0.2) is 0 Å². The summed E-state index contributed by atoms with van der Waals surface area (Å²) in [6, 6.07) is 0. The third kappa shape index (κ3) is 3.65. The van der Waals surface area contributed by atoms with Crippen LogP contribution in [-0.2, 0) is 14.8 Å². The van der Waals surface area contributed by atoms with E-state index in [0.29, 0.717) is 0 Å². The molecular weight excluding hydrogens is 202 g/mol. The van der Waals surface area contributed by atoms with E-state index in [2.05, 4.69) is 4.72 Å². The standard InChI is InChI=1S/C9H17NO3S/c1-3-7(2)6-14(12,13)10-9(11)8-4-5-8/h7-8H,3-6H2,1-2H3,(H,10,11)/t7-/m1/s1.